The van der Waals surface area contributed by atoms with Crippen LogP contribution in [0.2, 0.25) is 0 Å². The standard InChI is InChI=1S/C20H16N2O2/c1-12-7-3-4-8-14(12)19-22-18(20(23)24-19)11-16-13(2)21-17-10-6-5-9-15(16)17/h3-11,23H,1-2H3/b16-11-. The molecule has 1 N–H and O–H groups in total. The Hall–Kier alpha value is -3.14. The van der Waals surface area contributed by atoms with Gasteiger partial charge < -0.3 is 9.52 Å². The fourth-order valence-corrected chi connectivity index (χ4v) is 2.90. The van der Waals surface area contributed by atoms with Crippen LogP contribution >= 0.6 is 0 Å². The van der Waals surface area contributed by atoms with Crippen molar-refractivity contribution in [2.45, 2.75) is 13.8 Å². The van der Waals surface area contributed by atoms with Gasteiger partial charge in [0.05, 0.1) is 5.69 Å². The van der Waals surface area contributed by atoms with Gasteiger partial charge in [0.2, 0.25) is 5.89 Å². The Labute approximate surface area is 139 Å². The largest absolute Gasteiger partial charge is 0.479 e. The average Bonchev–Trinajstić information content (AvgIpc) is 3.09. The van der Waals surface area contributed by atoms with E-state index in [0.29, 0.717) is 11.6 Å². The zero-order valence-corrected chi connectivity index (χ0v) is 13.4. The number of rotatable bonds is 2. The predicted molar refractivity (Wildman–Crippen MR) is 95.4 cm³/mol. The lowest BCUT2D eigenvalue weighted by Gasteiger charge is -2.00. The van der Waals surface area contributed by atoms with Gasteiger partial charge in [0.25, 0.3) is 0 Å². The maximum absolute atomic E-state index is 10.2. The second kappa shape index (κ2) is 5.49. The number of nitrogens with zero attached hydrogens (tertiary/aromatic N) is 2. The summed E-state index contributed by atoms with van der Waals surface area (Å²) in [5.74, 6) is 0.233. The summed E-state index contributed by atoms with van der Waals surface area (Å²) < 4.78 is 5.48. The van der Waals surface area contributed by atoms with E-state index in [1.807, 2.05) is 68.5 Å². The number of para-hydroxylation sites is 1. The summed E-state index contributed by atoms with van der Waals surface area (Å²) in [6.45, 7) is 3.93. The van der Waals surface area contributed by atoms with Crippen molar-refractivity contribution in [2.75, 3.05) is 0 Å². The van der Waals surface area contributed by atoms with E-state index in [9.17, 15) is 5.11 Å². The monoisotopic (exact) mass is 316 g/mol. The molecule has 118 valence electrons. The van der Waals surface area contributed by atoms with E-state index in [1.165, 1.54) is 0 Å². The zero-order chi connectivity index (χ0) is 16.7. The van der Waals surface area contributed by atoms with E-state index in [-0.39, 0.29) is 5.95 Å². The van der Waals surface area contributed by atoms with Crippen molar-refractivity contribution in [1.29, 1.82) is 0 Å². The van der Waals surface area contributed by atoms with Gasteiger partial charge in [-0.2, -0.15) is 0 Å². The van der Waals surface area contributed by atoms with Crippen molar-refractivity contribution in [2.24, 2.45) is 4.99 Å². The molecular formula is C20H16N2O2. The lowest BCUT2D eigenvalue weighted by Crippen LogP contribution is -1.90. The number of hydrogen-bond acceptors (Lipinski definition) is 4. The topological polar surface area (TPSA) is 58.6 Å². The first-order valence-electron chi connectivity index (χ1n) is 7.76. The summed E-state index contributed by atoms with van der Waals surface area (Å²) in [6, 6.07) is 15.7. The molecule has 24 heavy (non-hydrogen) atoms. The third-order valence-corrected chi connectivity index (χ3v) is 4.16. The predicted octanol–water partition coefficient (Wildman–Crippen LogP) is 5.00. The van der Waals surface area contributed by atoms with Crippen LogP contribution in [0.1, 0.15) is 23.7 Å². The Balaban J connectivity index is 1.80. The van der Waals surface area contributed by atoms with Crippen molar-refractivity contribution in [3.8, 4) is 17.4 Å². The van der Waals surface area contributed by atoms with Crippen molar-refractivity contribution < 1.29 is 9.52 Å². The number of oxazole rings is 1. The zero-order valence-electron chi connectivity index (χ0n) is 13.4. The van der Waals surface area contributed by atoms with Crippen LogP contribution in [0.3, 0.4) is 0 Å². The van der Waals surface area contributed by atoms with Gasteiger partial charge in [-0.3, -0.25) is 4.99 Å². The van der Waals surface area contributed by atoms with Crippen LogP contribution < -0.4 is 0 Å². The number of aromatic nitrogens is 1. The quantitative estimate of drug-likeness (QED) is 0.723. The minimum Gasteiger partial charge on any atom is -0.479 e. The molecule has 2 heterocycles. The molecule has 1 aliphatic heterocycles. The third-order valence-electron chi connectivity index (χ3n) is 4.16. The van der Waals surface area contributed by atoms with Gasteiger partial charge >= 0.3 is 5.95 Å². The molecule has 0 atom stereocenters. The molecule has 1 aromatic heterocycles. The van der Waals surface area contributed by atoms with Gasteiger partial charge in [-0.25, -0.2) is 4.98 Å². The van der Waals surface area contributed by atoms with E-state index in [2.05, 4.69) is 9.98 Å². The minimum absolute atomic E-state index is 0.182. The van der Waals surface area contributed by atoms with Crippen LogP contribution in [0.4, 0.5) is 5.69 Å². The van der Waals surface area contributed by atoms with Crippen LogP contribution in [0, 0.1) is 6.92 Å². The number of hydrogen-bond donors (Lipinski definition) is 1. The average molecular weight is 316 g/mol. The summed E-state index contributed by atoms with van der Waals surface area (Å²) in [4.78, 5) is 9.01. The number of benzene rings is 2. The van der Waals surface area contributed by atoms with Gasteiger partial charge in [0.1, 0.15) is 5.69 Å². The summed E-state index contributed by atoms with van der Waals surface area (Å²) in [7, 11) is 0. The van der Waals surface area contributed by atoms with Crippen LogP contribution in [0.25, 0.3) is 23.1 Å². The molecule has 2 aromatic carbocycles. The molecular weight excluding hydrogens is 300 g/mol. The molecule has 0 unspecified atom stereocenters. The highest BCUT2D eigenvalue weighted by Gasteiger charge is 2.20. The molecule has 0 saturated heterocycles. The molecule has 0 aliphatic carbocycles. The molecule has 0 spiro atoms. The van der Waals surface area contributed by atoms with E-state index in [1.54, 1.807) is 0 Å². The Bertz CT molecular complexity index is 996. The molecule has 0 bridgehead atoms. The lowest BCUT2D eigenvalue weighted by atomic mass is 10.0. The van der Waals surface area contributed by atoms with E-state index >= 15 is 0 Å². The Morgan fingerprint density at radius 2 is 1.67 bits per heavy atom. The second-order valence-corrected chi connectivity index (χ2v) is 5.80. The molecule has 0 saturated carbocycles. The van der Waals surface area contributed by atoms with Crippen LogP contribution in [-0.2, 0) is 0 Å². The molecule has 0 radical (unpaired) electrons. The number of aliphatic imine (C=N–C) groups is 1. The lowest BCUT2D eigenvalue weighted by molar-refractivity contribution is 0.336. The van der Waals surface area contributed by atoms with Gasteiger partial charge in [0.15, 0.2) is 0 Å². The van der Waals surface area contributed by atoms with Crippen LogP contribution in [0.5, 0.6) is 5.95 Å². The van der Waals surface area contributed by atoms with E-state index in [4.69, 9.17) is 4.42 Å². The highest BCUT2D eigenvalue weighted by molar-refractivity contribution is 6.31. The number of fused-ring (bicyclic) bond motifs is 1. The van der Waals surface area contributed by atoms with Crippen molar-refractivity contribution in [3.63, 3.8) is 0 Å². The van der Waals surface area contributed by atoms with Crippen LogP contribution in [0.15, 0.2) is 57.9 Å². The fraction of sp³-hybridized carbons (Fsp3) is 0.100. The van der Waals surface area contributed by atoms with Crippen molar-refractivity contribution in [3.05, 3.63) is 65.4 Å². The second-order valence-electron chi connectivity index (χ2n) is 5.80. The first-order chi connectivity index (χ1) is 11.6. The molecule has 4 rings (SSSR count). The minimum atomic E-state index is -0.182. The summed E-state index contributed by atoms with van der Waals surface area (Å²) in [5.41, 5.74) is 6.14. The number of aryl methyl sites for hydroxylation is 1. The summed E-state index contributed by atoms with van der Waals surface area (Å²) in [5, 5.41) is 10.2. The van der Waals surface area contributed by atoms with E-state index in [0.717, 1.165) is 33.7 Å². The van der Waals surface area contributed by atoms with Crippen LogP contribution in [-0.4, -0.2) is 15.8 Å². The van der Waals surface area contributed by atoms with Crippen molar-refractivity contribution >= 4 is 23.0 Å². The van der Waals surface area contributed by atoms with E-state index < -0.39 is 0 Å². The maximum Gasteiger partial charge on any atom is 0.310 e. The molecule has 4 heteroatoms. The highest BCUT2D eigenvalue weighted by atomic mass is 16.5. The molecule has 4 nitrogen and oxygen atoms in total. The number of allylic oxidation sites excluding steroid dienone is 1. The Morgan fingerprint density at radius 1 is 0.958 bits per heavy atom. The van der Waals surface area contributed by atoms with Gasteiger partial charge in [-0.1, -0.05) is 36.4 Å². The highest BCUT2D eigenvalue weighted by Crippen LogP contribution is 2.37. The van der Waals surface area contributed by atoms with Gasteiger partial charge in [0, 0.05) is 22.4 Å². The molecule has 0 amide bonds. The Morgan fingerprint density at radius 3 is 2.46 bits per heavy atom. The molecule has 0 fully saturated rings. The Kier molecular flexibility index (Phi) is 3.31. The molecule has 3 aromatic rings. The summed E-state index contributed by atoms with van der Waals surface area (Å²) >= 11 is 0. The smallest absolute Gasteiger partial charge is 0.310 e. The van der Waals surface area contributed by atoms with Crippen molar-refractivity contribution in [1.82, 2.24) is 4.98 Å². The normalized spacial score (nSPS) is 14.8. The third kappa shape index (κ3) is 2.33. The first kappa shape index (κ1) is 14.5. The maximum atomic E-state index is 10.2. The van der Waals surface area contributed by atoms with Gasteiger partial charge in [-0.05, 0) is 37.6 Å². The molecule has 1 aliphatic rings. The summed E-state index contributed by atoms with van der Waals surface area (Å²) in [6.07, 6.45) is 1.82. The SMILES string of the molecule is CC1=Nc2ccccc2/C1=C\c1nc(-c2ccccc2C)oc1O. The van der Waals surface area contributed by atoms with Gasteiger partial charge in [-0.15, -0.1) is 0 Å². The fourth-order valence-electron chi connectivity index (χ4n) is 2.90. The first-order valence-corrected chi connectivity index (χ1v) is 7.76. The number of aromatic hydroxyl groups is 1.